The lowest BCUT2D eigenvalue weighted by Gasteiger charge is -2.23. The first kappa shape index (κ1) is 19.4. The molecule has 0 radical (unpaired) electrons. The van der Waals surface area contributed by atoms with Crippen molar-refractivity contribution >= 4 is 33.9 Å². The van der Waals surface area contributed by atoms with Crippen LogP contribution in [0.1, 0.15) is 29.7 Å². The van der Waals surface area contributed by atoms with E-state index in [1.165, 1.54) is 24.4 Å². The minimum atomic E-state index is -1.13. The first-order valence-electron chi connectivity index (χ1n) is 9.70. The fourth-order valence-corrected chi connectivity index (χ4v) is 4.75. The predicted molar refractivity (Wildman–Crippen MR) is 114 cm³/mol. The Morgan fingerprint density at radius 1 is 1.26 bits per heavy atom. The molecule has 2 aromatic carbocycles. The minimum Gasteiger partial charge on any atom is -0.507 e. The Morgan fingerprint density at radius 2 is 2.06 bits per heavy atom. The lowest BCUT2D eigenvalue weighted by Crippen LogP contribution is -2.29. The van der Waals surface area contributed by atoms with Crippen LogP contribution in [-0.2, 0) is 16.0 Å². The average Bonchev–Trinajstić information content (AvgIpc) is 3.46. The number of anilines is 1. The molecule has 2 aliphatic heterocycles. The number of benzene rings is 2. The second-order valence-electron chi connectivity index (χ2n) is 7.46. The van der Waals surface area contributed by atoms with Crippen molar-refractivity contribution in [2.24, 2.45) is 0 Å². The first-order chi connectivity index (χ1) is 15.0. The van der Waals surface area contributed by atoms with Crippen molar-refractivity contribution < 1.29 is 23.8 Å². The summed E-state index contributed by atoms with van der Waals surface area (Å²) in [7, 11) is 0. The Labute approximate surface area is 181 Å². The molecule has 6 nitrogen and oxygen atoms in total. The number of Topliss-reactive ketones (excluding diaryl/α,β-unsaturated/α-hetero) is 1. The number of thiazole rings is 1. The molecule has 1 aromatic heterocycles. The van der Waals surface area contributed by atoms with Crippen molar-refractivity contribution in [2.45, 2.75) is 25.5 Å². The van der Waals surface area contributed by atoms with Gasteiger partial charge in [0.1, 0.15) is 29.5 Å². The molecule has 31 heavy (non-hydrogen) atoms. The maximum absolute atomic E-state index is 14.8. The number of nitrogens with zero attached hydrogens (tertiary/aromatic N) is 2. The van der Waals surface area contributed by atoms with E-state index in [9.17, 15) is 19.1 Å². The zero-order valence-corrected chi connectivity index (χ0v) is 17.2. The quantitative estimate of drug-likeness (QED) is 0.378. The SMILES string of the molecule is C[C@@H]1Cc2cc(C(O)=C3C(=O)C(=O)N(c4nccs4)[C@@H]3c3ccccc3F)ccc2O1. The second kappa shape index (κ2) is 7.31. The third-order valence-electron chi connectivity index (χ3n) is 5.44. The van der Waals surface area contributed by atoms with Crippen molar-refractivity contribution in [3.8, 4) is 5.75 Å². The van der Waals surface area contributed by atoms with Crippen LogP contribution in [0.25, 0.3) is 5.76 Å². The van der Waals surface area contributed by atoms with E-state index in [4.69, 9.17) is 4.74 Å². The van der Waals surface area contributed by atoms with Gasteiger partial charge >= 0.3 is 5.91 Å². The van der Waals surface area contributed by atoms with Gasteiger partial charge in [0, 0.05) is 29.1 Å². The summed E-state index contributed by atoms with van der Waals surface area (Å²) in [6, 6.07) is 9.86. The molecule has 3 aromatic rings. The Morgan fingerprint density at radius 3 is 2.81 bits per heavy atom. The highest BCUT2D eigenvalue weighted by atomic mass is 32.1. The molecular formula is C23H17FN2O4S. The van der Waals surface area contributed by atoms with Gasteiger partial charge in [0.25, 0.3) is 5.78 Å². The molecule has 1 N–H and O–H groups in total. The highest BCUT2D eigenvalue weighted by Gasteiger charge is 2.48. The summed E-state index contributed by atoms with van der Waals surface area (Å²) in [5.74, 6) is -1.96. The van der Waals surface area contributed by atoms with Crippen molar-refractivity contribution in [1.29, 1.82) is 0 Å². The van der Waals surface area contributed by atoms with Crippen LogP contribution in [0.15, 0.2) is 59.6 Å². The Balaban J connectivity index is 1.70. The number of aromatic nitrogens is 1. The van der Waals surface area contributed by atoms with Crippen LogP contribution in [0.2, 0.25) is 0 Å². The van der Waals surface area contributed by atoms with Gasteiger partial charge in [-0.05, 0) is 36.8 Å². The first-order valence-corrected chi connectivity index (χ1v) is 10.6. The predicted octanol–water partition coefficient (Wildman–Crippen LogP) is 4.23. The van der Waals surface area contributed by atoms with Gasteiger partial charge in [-0.15, -0.1) is 11.3 Å². The number of ether oxygens (including phenoxy) is 1. The fourth-order valence-electron chi connectivity index (χ4n) is 4.08. The standard InChI is InChI=1S/C23H17FN2O4S/c1-12-10-14-11-13(6-7-17(14)30-12)20(27)18-19(15-4-2-3-5-16(15)24)26(22(29)21(18)28)23-25-8-9-31-23/h2-9,11-12,19,27H,10H2,1H3/t12-,19-/m1/s1. The number of hydrogen-bond acceptors (Lipinski definition) is 6. The van der Waals surface area contributed by atoms with Crippen molar-refractivity contribution in [3.63, 3.8) is 0 Å². The van der Waals surface area contributed by atoms with Crippen LogP contribution in [-0.4, -0.2) is 27.9 Å². The highest BCUT2D eigenvalue weighted by Crippen LogP contribution is 2.44. The fraction of sp³-hybridized carbons (Fsp3) is 0.174. The second-order valence-corrected chi connectivity index (χ2v) is 8.33. The summed E-state index contributed by atoms with van der Waals surface area (Å²) in [4.78, 5) is 31.2. The summed E-state index contributed by atoms with van der Waals surface area (Å²) in [5, 5.41) is 13.1. The number of amides is 1. The maximum atomic E-state index is 14.8. The number of fused-ring (bicyclic) bond motifs is 1. The van der Waals surface area contributed by atoms with Gasteiger partial charge in [-0.2, -0.15) is 0 Å². The van der Waals surface area contributed by atoms with Gasteiger partial charge in [-0.25, -0.2) is 9.37 Å². The highest BCUT2D eigenvalue weighted by molar-refractivity contribution is 7.14. The van der Waals surface area contributed by atoms with Crippen LogP contribution in [0, 0.1) is 5.82 Å². The molecule has 156 valence electrons. The van der Waals surface area contributed by atoms with Crippen LogP contribution in [0.3, 0.4) is 0 Å². The van der Waals surface area contributed by atoms with Gasteiger partial charge in [0.15, 0.2) is 5.13 Å². The van der Waals surface area contributed by atoms with Crippen LogP contribution < -0.4 is 9.64 Å². The lowest BCUT2D eigenvalue weighted by molar-refractivity contribution is -0.132. The van der Waals surface area contributed by atoms with Gasteiger partial charge in [0.05, 0.1) is 5.57 Å². The number of carbonyl (C=O) groups excluding carboxylic acids is 2. The van der Waals surface area contributed by atoms with E-state index in [2.05, 4.69) is 4.98 Å². The largest absolute Gasteiger partial charge is 0.507 e. The van der Waals surface area contributed by atoms with E-state index >= 15 is 0 Å². The molecule has 0 aliphatic carbocycles. The number of ketones is 1. The zero-order valence-electron chi connectivity index (χ0n) is 16.4. The number of carbonyl (C=O) groups is 2. The molecule has 2 aliphatic rings. The molecule has 0 spiro atoms. The Hall–Kier alpha value is -3.52. The average molecular weight is 436 g/mol. The molecular weight excluding hydrogens is 419 g/mol. The van der Waals surface area contributed by atoms with E-state index in [1.54, 1.807) is 29.6 Å². The molecule has 0 bridgehead atoms. The van der Waals surface area contributed by atoms with Crippen LogP contribution >= 0.6 is 11.3 Å². The Kier molecular flexibility index (Phi) is 4.59. The van der Waals surface area contributed by atoms with E-state index in [-0.39, 0.29) is 28.1 Å². The van der Waals surface area contributed by atoms with Crippen LogP contribution in [0.4, 0.5) is 9.52 Å². The lowest BCUT2D eigenvalue weighted by atomic mass is 9.94. The normalized spacial score (nSPS) is 21.9. The molecule has 0 saturated carbocycles. The molecule has 2 atom stereocenters. The smallest absolute Gasteiger partial charge is 0.301 e. The number of aliphatic hydroxyl groups is 1. The third kappa shape index (κ3) is 3.11. The molecule has 1 amide bonds. The molecule has 3 heterocycles. The minimum absolute atomic E-state index is 0.0151. The summed E-state index contributed by atoms with van der Waals surface area (Å²) < 4.78 is 20.5. The van der Waals surface area contributed by atoms with Crippen molar-refractivity contribution in [2.75, 3.05) is 4.90 Å². The number of rotatable bonds is 3. The number of aliphatic hydroxyl groups excluding tert-OH is 1. The van der Waals surface area contributed by atoms with Gasteiger partial charge in [-0.3, -0.25) is 14.5 Å². The monoisotopic (exact) mass is 436 g/mol. The van der Waals surface area contributed by atoms with Gasteiger partial charge in [0.2, 0.25) is 0 Å². The maximum Gasteiger partial charge on any atom is 0.301 e. The summed E-state index contributed by atoms with van der Waals surface area (Å²) in [5.41, 5.74) is 1.21. The number of hydrogen-bond donors (Lipinski definition) is 1. The Bertz CT molecular complexity index is 1240. The summed E-state index contributed by atoms with van der Waals surface area (Å²) in [6.07, 6.45) is 2.18. The van der Waals surface area contributed by atoms with Crippen LogP contribution in [0.5, 0.6) is 5.75 Å². The summed E-state index contributed by atoms with van der Waals surface area (Å²) >= 11 is 1.15. The van der Waals surface area contributed by atoms with Gasteiger partial charge in [-0.1, -0.05) is 18.2 Å². The summed E-state index contributed by atoms with van der Waals surface area (Å²) in [6.45, 7) is 1.94. The van der Waals surface area contributed by atoms with Gasteiger partial charge < -0.3 is 9.84 Å². The molecule has 1 fully saturated rings. The van der Waals surface area contributed by atoms with E-state index in [0.717, 1.165) is 27.5 Å². The zero-order chi connectivity index (χ0) is 21.7. The molecule has 5 rings (SSSR count). The van der Waals surface area contributed by atoms with E-state index in [1.807, 2.05) is 6.92 Å². The van der Waals surface area contributed by atoms with E-state index in [0.29, 0.717) is 12.0 Å². The third-order valence-corrected chi connectivity index (χ3v) is 6.21. The number of halogens is 1. The molecule has 1 saturated heterocycles. The van der Waals surface area contributed by atoms with E-state index < -0.39 is 23.5 Å². The van der Waals surface area contributed by atoms with Crippen molar-refractivity contribution in [3.05, 3.63) is 82.1 Å². The van der Waals surface area contributed by atoms with Crippen molar-refractivity contribution in [1.82, 2.24) is 4.98 Å². The molecule has 8 heteroatoms. The molecule has 0 unspecified atom stereocenters. The topological polar surface area (TPSA) is 79.7 Å².